The molecule has 0 fully saturated rings. The summed E-state index contributed by atoms with van der Waals surface area (Å²) >= 11 is 0. The summed E-state index contributed by atoms with van der Waals surface area (Å²) in [6.07, 6.45) is 11.4. The molecule has 0 radical (unpaired) electrons. The van der Waals surface area contributed by atoms with Crippen molar-refractivity contribution in [3.8, 4) is 23.0 Å². The van der Waals surface area contributed by atoms with E-state index in [1.54, 1.807) is 30.3 Å². The largest absolute Gasteiger partial charge is 0.508 e. The Balaban J connectivity index is 1.17. The quantitative estimate of drug-likeness (QED) is 0.0411. The van der Waals surface area contributed by atoms with E-state index in [0.717, 1.165) is 61.2 Å². The summed E-state index contributed by atoms with van der Waals surface area (Å²) in [6.45, 7) is 11.0. The molecule has 5 nitrogen and oxygen atoms in total. The number of benzene rings is 4. The summed E-state index contributed by atoms with van der Waals surface area (Å²) in [6, 6.07) is 29.5. The minimum absolute atomic E-state index is 0.250. The van der Waals surface area contributed by atoms with Gasteiger partial charge in [-0.1, -0.05) is 79.9 Å². The zero-order chi connectivity index (χ0) is 31.0. The van der Waals surface area contributed by atoms with Crippen molar-refractivity contribution >= 4 is 5.76 Å². The fourth-order valence-corrected chi connectivity index (χ4v) is 4.64. The lowest BCUT2D eigenvalue weighted by Crippen LogP contribution is -1.99. The lowest BCUT2D eigenvalue weighted by molar-refractivity contribution is -0.205. The van der Waals surface area contributed by atoms with Crippen LogP contribution >= 0.6 is 0 Å². The van der Waals surface area contributed by atoms with Crippen LogP contribution in [0.5, 0.6) is 23.0 Å². The second kappa shape index (κ2) is 17.4. The number of hydrogen-bond acceptors (Lipinski definition) is 5. The summed E-state index contributed by atoms with van der Waals surface area (Å²) in [7, 11) is 0. The third kappa shape index (κ3) is 10.8. The van der Waals surface area contributed by atoms with Crippen molar-refractivity contribution < 1.29 is 24.4 Å². The molecule has 0 bridgehead atoms. The highest BCUT2D eigenvalue weighted by atomic mass is 17.2. The van der Waals surface area contributed by atoms with Gasteiger partial charge in [0.05, 0.1) is 13.2 Å². The molecule has 0 aliphatic heterocycles. The molecule has 4 rings (SSSR count). The van der Waals surface area contributed by atoms with Crippen molar-refractivity contribution in [1.29, 1.82) is 0 Å². The number of allylic oxidation sites excluding steroid dienone is 2. The maximum atomic E-state index is 9.35. The number of aryl methyl sites for hydroxylation is 2. The van der Waals surface area contributed by atoms with Crippen LogP contribution in [0.4, 0.5) is 0 Å². The van der Waals surface area contributed by atoms with E-state index in [-0.39, 0.29) is 5.75 Å². The van der Waals surface area contributed by atoms with Gasteiger partial charge in [0.2, 0.25) is 0 Å². The highest BCUT2D eigenvalue weighted by Crippen LogP contribution is 2.26. The Kier molecular flexibility index (Phi) is 12.7. The van der Waals surface area contributed by atoms with E-state index in [9.17, 15) is 5.11 Å². The van der Waals surface area contributed by atoms with Crippen LogP contribution in [0.2, 0.25) is 0 Å². The monoisotopic (exact) mass is 590 g/mol. The average molecular weight is 591 g/mol. The first-order chi connectivity index (χ1) is 21.5. The highest BCUT2D eigenvalue weighted by molar-refractivity contribution is 5.60. The van der Waals surface area contributed by atoms with Crippen molar-refractivity contribution in [2.75, 3.05) is 13.2 Å². The highest BCUT2D eigenvalue weighted by Gasteiger charge is 2.08. The predicted octanol–water partition coefficient (Wildman–Crippen LogP) is 9.58. The van der Waals surface area contributed by atoms with Gasteiger partial charge in [0, 0.05) is 5.56 Å². The molecule has 0 atom stereocenters. The number of ether oxygens (including phenoxy) is 2. The molecule has 0 aliphatic rings. The van der Waals surface area contributed by atoms with Crippen molar-refractivity contribution in [2.24, 2.45) is 0 Å². The topological polar surface area (TPSA) is 57.2 Å². The Hall–Kier alpha value is -4.74. The first-order valence-corrected chi connectivity index (χ1v) is 15.1. The molecule has 0 saturated heterocycles. The first kappa shape index (κ1) is 32.2. The maximum Gasteiger partial charge on any atom is 0.165 e. The number of hydrogen-bond donors (Lipinski definition) is 1. The lowest BCUT2D eigenvalue weighted by atomic mass is 10.0. The molecule has 5 heteroatoms. The van der Waals surface area contributed by atoms with Gasteiger partial charge in [-0.2, -0.15) is 4.89 Å². The molecule has 44 heavy (non-hydrogen) atoms. The summed E-state index contributed by atoms with van der Waals surface area (Å²) in [4.78, 5) is 10.6. The Labute approximate surface area is 261 Å². The number of unbranched alkanes of at least 4 members (excludes halogenated alkanes) is 2. The second-order valence-corrected chi connectivity index (χ2v) is 10.7. The van der Waals surface area contributed by atoms with Crippen LogP contribution in [0, 0.1) is 6.92 Å². The van der Waals surface area contributed by atoms with Crippen LogP contribution in [-0.2, 0) is 17.7 Å². The minimum atomic E-state index is 0.250. The standard InChI is InChI=1S/C39H42O5/c1-4-5-6-10-27-42-44-38-21-14-33(15-22-38)29-34-16-25-39(30(2)28-34)43-31(3)35-17-12-32(13-18-35)11-8-7-9-26-41-37-23-19-36(40)20-24-37/h4-6,12-25,28,40H,1,3,7-11,26-27,29H2,2H3/b6-5-. The lowest BCUT2D eigenvalue weighted by Gasteiger charge is -2.13. The van der Waals surface area contributed by atoms with E-state index in [0.29, 0.717) is 24.7 Å². The summed E-state index contributed by atoms with van der Waals surface area (Å²) < 4.78 is 11.9. The van der Waals surface area contributed by atoms with Gasteiger partial charge in [-0.05, 0) is 110 Å². The molecule has 0 saturated carbocycles. The molecule has 228 valence electrons. The Morgan fingerprint density at radius 3 is 2.20 bits per heavy atom. The van der Waals surface area contributed by atoms with Gasteiger partial charge in [-0.25, -0.2) is 0 Å². The van der Waals surface area contributed by atoms with Crippen molar-refractivity contribution in [1.82, 2.24) is 0 Å². The molecule has 0 aromatic heterocycles. The van der Waals surface area contributed by atoms with Crippen LogP contribution in [0.25, 0.3) is 5.76 Å². The Bertz CT molecular complexity index is 1490. The summed E-state index contributed by atoms with van der Waals surface area (Å²) in [5, 5.41) is 9.35. The van der Waals surface area contributed by atoms with Gasteiger partial charge < -0.3 is 19.5 Å². The Morgan fingerprint density at radius 2 is 1.48 bits per heavy atom. The predicted molar refractivity (Wildman–Crippen MR) is 178 cm³/mol. The van der Waals surface area contributed by atoms with E-state index in [1.807, 2.05) is 30.4 Å². The molecule has 4 aromatic carbocycles. The SMILES string of the molecule is C=C/C=C\CCOOc1ccc(Cc2ccc(OC(=C)c3ccc(CCCCCOc4ccc(O)cc4)cc3)c(C)c2)cc1. The smallest absolute Gasteiger partial charge is 0.165 e. The number of phenols is 1. The molecule has 0 unspecified atom stereocenters. The van der Waals surface area contributed by atoms with Crippen LogP contribution in [0.1, 0.15) is 53.5 Å². The van der Waals surface area contributed by atoms with Crippen molar-refractivity contribution in [3.63, 3.8) is 0 Å². The minimum Gasteiger partial charge on any atom is -0.508 e. The third-order valence-electron chi connectivity index (χ3n) is 7.09. The van der Waals surface area contributed by atoms with Gasteiger partial charge in [0.1, 0.15) is 23.0 Å². The van der Waals surface area contributed by atoms with E-state index < -0.39 is 0 Å². The van der Waals surface area contributed by atoms with Gasteiger partial charge in [0.25, 0.3) is 0 Å². The molecular formula is C39H42O5. The molecule has 0 amide bonds. The molecular weight excluding hydrogens is 548 g/mol. The number of aromatic hydroxyl groups is 1. The normalized spacial score (nSPS) is 10.9. The molecule has 0 heterocycles. The third-order valence-corrected chi connectivity index (χ3v) is 7.09. The van der Waals surface area contributed by atoms with Crippen LogP contribution < -0.4 is 14.4 Å². The van der Waals surface area contributed by atoms with Crippen LogP contribution in [-0.4, -0.2) is 18.3 Å². The average Bonchev–Trinajstić information content (AvgIpc) is 3.04. The van der Waals surface area contributed by atoms with E-state index in [4.69, 9.17) is 19.2 Å². The van der Waals surface area contributed by atoms with Crippen molar-refractivity contribution in [3.05, 3.63) is 150 Å². The van der Waals surface area contributed by atoms with Crippen LogP contribution in [0.15, 0.2) is 122 Å². The van der Waals surface area contributed by atoms with Crippen molar-refractivity contribution in [2.45, 2.75) is 45.4 Å². The Morgan fingerprint density at radius 1 is 0.773 bits per heavy atom. The summed E-state index contributed by atoms with van der Waals surface area (Å²) in [5.41, 5.74) is 5.72. The summed E-state index contributed by atoms with van der Waals surface area (Å²) in [5.74, 6) is 3.16. The van der Waals surface area contributed by atoms with Gasteiger partial charge >= 0.3 is 0 Å². The number of phenolic OH excluding ortho intramolecular Hbond substituents is 1. The maximum absolute atomic E-state index is 9.35. The first-order valence-electron chi connectivity index (χ1n) is 15.1. The molecule has 0 spiro atoms. The number of rotatable bonds is 18. The molecule has 4 aromatic rings. The van der Waals surface area contributed by atoms with Gasteiger partial charge in [-0.3, -0.25) is 0 Å². The van der Waals surface area contributed by atoms with E-state index >= 15 is 0 Å². The fraction of sp³-hybridized carbons (Fsp3) is 0.231. The zero-order valence-electron chi connectivity index (χ0n) is 25.5. The molecule has 1 N–H and O–H groups in total. The second-order valence-electron chi connectivity index (χ2n) is 10.7. The van der Waals surface area contributed by atoms with E-state index in [2.05, 4.69) is 68.6 Å². The van der Waals surface area contributed by atoms with Crippen LogP contribution in [0.3, 0.4) is 0 Å². The van der Waals surface area contributed by atoms with Gasteiger partial charge in [0.15, 0.2) is 5.75 Å². The molecule has 0 aliphatic carbocycles. The van der Waals surface area contributed by atoms with Gasteiger partial charge in [-0.15, -0.1) is 0 Å². The zero-order valence-corrected chi connectivity index (χ0v) is 25.5. The fourth-order valence-electron chi connectivity index (χ4n) is 4.64. The van der Waals surface area contributed by atoms with E-state index in [1.165, 1.54) is 16.7 Å².